The molecular formula is C40H58. The molecule has 0 fully saturated rings. The first-order valence-electron chi connectivity index (χ1n) is 16.2. The van der Waals surface area contributed by atoms with Gasteiger partial charge in [-0.05, 0) is 91.9 Å². The van der Waals surface area contributed by atoms with Crippen molar-refractivity contribution in [3.63, 3.8) is 0 Å². The van der Waals surface area contributed by atoms with Crippen LogP contribution >= 0.6 is 0 Å². The predicted octanol–water partition coefficient (Wildman–Crippen LogP) is 12.7. The van der Waals surface area contributed by atoms with Gasteiger partial charge in [-0.2, -0.15) is 0 Å². The van der Waals surface area contributed by atoms with E-state index in [1.807, 2.05) is 0 Å². The summed E-state index contributed by atoms with van der Waals surface area (Å²) in [4.78, 5) is 0. The molecule has 40 heavy (non-hydrogen) atoms. The number of hydrogen-bond donors (Lipinski definition) is 0. The van der Waals surface area contributed by atoms with Gasteiger partial charge in [-0.1, -0.05) is 144 Å². The average molecular weight is 539 g/mol. The van der Waals surface area contributed by atoms with E-state index in [0.717, 1.165) is 0 Å². The minimum atomic E-state index is 0.149. The molecule has 0 aromatic heterocycles. The van der Waals surface area contributed by atoms with Gasteiger partial charge in [0.25, 0.3) is 0 Å². The van der Waals surface area contributed by atoms with E-state index < -0.39 is 0 Å². The number of hydrogen-bond acceptors (Lipinski definition) is 0. The van der Waals surface area contributed by atoms with Crippen molar-refractivity contribution in [2.24, 2.45) is 10.8 Å². The molecule has 2 atom stereocenters. The normalized spacial score (nSPS) is 19.1. The van der Waals surface area contributed by atoms with E-state index in [4.69, 9.17) is 0 Å². The molecule has 2 aromatic carbocycles. The highest BCUT2D eigenvalue weighted by Gasteiger charge is 2.39. The van der Waals surface area contributed by atoms with E-state index in [2.05, 4.69) is 133 Å². The summed E-state index contributed by atoms with van der Waals surface area (Å²) in [6.07, 6.45) is 7.64. The molecule has 0 heterocycles. The minimum Gasteiger partial charge on any atom is -0.0587 e. The molecule has 0 nitrogen and oxygen atoms in total. The molecule has 2 aromatic rings. The van der Waals surface area contributed by atoms with Crippen LogP contribution in [0.5, 0.6) is 0 Å². The van der Waals surface area contributed by atoms with Crippen molar-refractivity contribution in [3.8, 4) is 0 Å². The molecule has 0 heteroatoms. The van der Waals surface area contributed by atoms with E-state index in [1.54, 1.807) is 44.5 Å². The minimum absolute atomic E-state index is 0.149. The highest BCUT2D eigenvalue weighted by atomic mass is 14.4. The van der Waals surface area contributed by atoms with E-state index in [0.29, 0.717) is 35.5 Å². The maximum Gasteiger partial charge on any atom is 0.00659 e. The second-order valence-corrected chi connectivity index (χ2v) is 16.1. The average Bonchev–Trinajstić information content (AvgIpc) is 3.40. The van der Waals surface area contributed by atoms with Crippen LogP contribution in [0.2, 0.25) is 0 Å². The molecule has 2 aliphatic carbocycles. The second-order valence-electron chi connectivity index (χ2n) is 16.1. The number of rotatable bonds is 7. The van der Waals surface area contributed by atoms with Gasteiger partial charge in [0.1, 0.15) is 0 Å². The molecule has 0 saturated carbocycles. The molecule has 2 unspecified atom stereocenters. The molecule has 0 amide bonds. The first-order valence-corrected chi connectivity index (χ1v) is 16.2. The van der Waals surface area contributed by atoms with Gasteiger partial charge in [0.2, 0.25) is 0 Å². The lowest BCUT2D eigenvalue weighted by Crippen LogP contribution is -2.19. The summed E-state index contributed by atoms with van der Waals surface area (Å²) in [6, 6.07) is 9.77. The topological polar surface area (TPSA) is 0 Å². The number of fused-ring (bicyclic) bond motifs is 2. The largest absolute Gasteiger partial charge is 0.0587 e. The van der Waals surface area contributed by atoms with E-state index in [1.165, 1.54) is 24.0 Å². The van der Waals surface area contributed by atoms with Gasteiger partial charge in [0, 0.05) is 11.8 Å². The van der Waals surface area contributed by atoms with Crippen molar-refractivity contribution in [1.29, 1.82) is 0 Å². The summed E-state index contributed by atoms with van der Waals surface area (Å²) < 4.78 is 0. The van der Waals surface area contributed by atoms with E-state index in [9.17, 15) is 0 Å². The van der Waals surface area contributed by atoms with Gasteiger partial charge < -0.3 is 0 Å². The first kappa shape index (κ1) is 30.9. The Morgan fingerprint density at radius 2 is 0.750 bits per heavy atom. The Hall–Kier alpha value is -2.08. The van der Waals surface area contributed by atoms with Crippen LogP contribution in [-0.4, -0.2) is 0 Å². The van der Waals surface area contributed by atoms with Gasteiger partial charge >= 0.3 is 0 Å². The number of benzene rings is 2. The highest BCUT2D eigenvalue weighted by Crippen LogP contribution is 2.55. The standard InChI is InChI=1S/C40H58/c1-23(2)27-15-17-29(25(5)6)37-31(35(21-33(27)37)39(9,10)11)19-20-32-36(40(12,13)14)22-34-28(24(3)4)16-18-30(26(7)8)38(32)34/h15-18,21-26,31-32H,19-20H2,1-14H3. The van der Waals surface area contributed by atoms with Gasteiger partial charge in [0.05, 0.1) is 0 Å². The van der Waals surface area contributed by atoms with Gasteiger partial charge in [-0.3, -0.25) is 0 Å². The molecule has 0 saturated heterocycles. The fraction of sp³-hybridized carbons (Fsp3) is 0.600. The highest BCUT2D eigenvalue weighted by molar-refractivity contribution is 5.74. The Balaban J connectivity index is 1.86. The molecule has 218 valence electrons. The van der Waals surface area contributed by atoms with Crippen molar-refractivity contribution in [1.82, 2.24) is 0 Å². The third kappa shape index (κ3) is 5.54. The first-order chi connectivity index (χ1) is 18.4. The van der Waals surface area contributed by atoms with Crippen LogP contribution in [-0.2, 0) is 0 Å². The van der Waals surface area contributed by atoms with Gasteiger partial charge in [0.15, 0.2) is 0 Å². The molecule has 4 rings (SSSR count). The van der Waals surface area contributed by atoms with Crippen LogP contribution in [0.15, 0.2) is 35.4 Å². The summed E-state index contributed by atoms with van der Waals surface area (Å²) in [7, 11) is 0. The monoisotopic (exact) mass is 538 g/mol. The Bertz CT molecular complexity index is 1200. The van der Waals surface area contributed by atoms with Crippen molar-refractivity contribution in [2.75, 3.05) is 0 Å². The van der Waals surface area contributed by atoms with E-state index >= 15 is 0 Å². The molecule has 0 radical (unpaired) electrons. The zero-order valence-corrected chi connectivity index (χ0v) is 28.3. The lowest BCUT2D eigenvalue weighted by molar-refractivity contribution is 0.428. The maximum atomic E-state index is 2.61. The van der Waals surface area contributed by atoms with Crippen molar-refractivity contribution in [2.45, 2.75) is 145 Å². The quantitative estimate of drug-likeness (QED) is 0.329. The molecule has 0 spiro atoms. The van der Waals surface area contributed by atoms with Crippen LogP contribution in [0.3, 0.4) is 0 Å². The zero-order valence-electron chi connectivity index (χ0n) is 28.3. The van der Waals surface area contributed by atoms with Crippen molar-refractivity contribution >= 4 is 12.2 Å². The molecular weight excluding hydrogens is 480 g/mol. The van der Waals surface area contributed by atoms with Crippen molar-refractivity contribution < 1.29 is 0 Å². The Labute approximate surface area is 247 Å². The summed E-state index contributed by atoms with van der Waals surface area (Å²) in [5, 5.41) is 0. The third-order valence-corrected chi connectivity index (χ3v) is 9.72. The number of allylic oxidation sites excluding steroid dienone is 2. The summed E-state index contributed by atoms with van der Waals surface area (Å²) in [5.41, 5.74) is 16.1. The fourth-order valence-corrected chi connectivity index (χ4v) is 7.69. The molecule has 0 N–H and O–H groups in total. The fourth-order valence-electron chi connectivity index (χ4n) is 7.69. The Morgan fingerprint density at radius 1 is 0.475 bits per heavy atom. The predicted molar refractivity (Wildman–Crippen MR) is 179 cm³/mol. The zero-order chi connectivity index (χ0) is 29.9. The van der Waals surface area contributed by atoms with Gasteiger partial charge in [-0.25, -0.2) is 0 Å². The Kier molecular flexibility index (Phi) is 8.46. The van der Waals surface area contributed by atoms with E-state index in [-0.39, 0.29) is 10.8 Å². The van der Waals surface area contributed by atoms with Crippen LogP contribution in [0.4, 0.5) is 0 Å². The molecule has 2 aliphatic rings. The summed E-state index contributed by atoms with van der Waals surface area (Å²) >= 11 is 0. The van der Waals surface area contributed by atoms with Crippen molar-refractivity contribution in [3.05, 3.63) is 79.9 Å². The summed E-state index contributed by atoms with van der Waals surface area (Å²) in [6.45, 7) is 33.5. The second kappa shape index (κ2) is 11.0. The van der Waals surface area contributed by atoms with Crippen LogP contribution in [0, 0.1) is 10.8 Å². The molecule has 0 aliphatic heterocycles. The maximum absolute atomic E-state index is 2.61. The van der Waals surface area contributed by atoms with Crippen LogP contribution in [0.1, 0.15) is 190 Å². The van der Waals surface area contributed by atoms with Crippen LogP contribution < -0.4 is 0 Å². The lowest BCUT2D eigenvalue weighted by Gasteiger charge is -2.33. The van der Waals surface area contributed by atoms with Gasteiger partial charge in [-0.15, -0.1) is 0 Å². The van der Waals surface area contributed by atoms with Crippen LogP contribution in [0.25, 0.3) is 12.2 Å². The molecule has 0 bridgehead atoms. The summed E-state index contributed by atoms with van der Waals surface area (Å²) in [5.74, 6) is 3.11. The lowest BCUT2D eigenvalue weighted by atomic mass is 9.71. The Morgan fingerprint density at radius 3 is 1.00 bits per heavy atom. The SMILES string of the molecule is CC(C)c1ccc(C(C)C)c2c1C=C(C(C)(C)C)C2CCC1C(C(C)(C)C)=Cc2c(C(C)C)ccc(C(C)C)c21. The smallest absolute Gasteiger partial charge is 0.00659 e. The third-order valence-electron chi connectivity index (χ3n) is 9.72.